The van der Waals surface area contributed by atoms with Crippen molar-refractivity contribution in [3.63, 3.8) is 0 Å². The maximum atomic E-state index is 13.2. The molecule has 0 aliphatic carbocycles. The van der Waals surface area contributed by atoms with E-state index in [1.165, 1.54) is 6.42 Å². The van der Waals surface area contributed by atoms with Crippen LogP contribution in [0.3, 0.4) is 0 Å². The van der Waals surface area contributed by atoms with Gasteiger partial charge in [-0.15, -0.1) is 0 Å². The van der Waals surface area contributed by atoms with Crippen LogP contribution in [0.4, 0.5) is 0 Å². The molecule has 0 saturated carbocycles. The van der Waals surface area contributed by atoms with Crippen LogP contribution in [0.5, 0.6) is 0 Å². The quantitative estimate of drug-likeness (QED) is 0.687. The fraction of sp³-hybridized carbons (Fsp3) is 0.318. The predicted octanol–water partition coefficient (Wildman–Crippen LogP) is 3.94. The molecule has 0 amide bonds. The van der Waals surface area contributed by atoms with Crippen molar-refractivity contribution in [2.75, 3.05) is 13.1 Å². The van der Waals surface area contributed by atoms with Gasteiger partial charge < -0.3 is 10.1 Å². The van der Waals surface area contributed by atoms with E-state index < -0.39 is 6.10 Å². The summed E-state index contributed by atoms with van der Waals surface area (Å²) in [4.78, 5) is 18.6. The molecular formula is C22H24N2O2. The van der Waals surface area contributed by atoms with Crippen LogP contribution in [0, 0.1) is 0 Å². The lowest BCUT2D eigenvalue weighted by molar-refractivity contribution is 0.0324. The molecule has 0 unspecified atom stereocenters. The Kier molecular flexibility index (Phi) is 4.87. The Morgan fingerprint density at radius 2 is 1.65 bits per heavy atom. The smallest absolute Gasteiger partial charge is 0.195 e. The van der Waals surface area contributed by atoms with Gasteiger partial charge in [-0.25, -0.2) is 0 Å². The fourth-order valence-electron chi connectivity index (χ4n) is 4.02. The van der Waals surface area contributed by atoms with E-state index in [0.29, 0.717) is 5.56 Å². The van der Waals surface area contributed by atoms with Gasteiger partial charge in [0.05, 0.1) is 6.04 Å². The van der Waals surface area contributed by atoms with E-state index in [4.69, 9.17) is 0 Å². The highest BCUT2D eigenvalue weighted by molar-refractivity contribution is 6.10. The monoisotopic (exact) mass is 348 g/mol. The first-order chi connectivity index (χ1) is 12.8. The number of likely N-dealkylation sites (tertiary alicyclic amines) is 1. The number of aliphatic hydroxyl groups is 1. The molecule has 0 radical (unpaired) electrons. The number of aliphatic hydroxyl groups excluding tert-OH is 1. The molecule has 4 nitrogen and oxygen atoms in total. The summed E-state index contributed by atoms with van der Waals surface area (Å²) in [6, 6.07) is 17.3. The van der Waals surface area contributed by atoms with Crippen molar-refractivity contribution in [2.24, 2.45) is 0 Å². The SMILES string of the molecule is O=C(c1c[nH]c2ccccc12)[C@H](O)[C@H](c1ccccc1)N1CCCCC1. The highest BCUT2D eigenvalue weighted by atomic mass is 16.3. The number of hydrogen-bond donors (Lipinski definition) is 2. The molecule has 3 aromatic rings. The van der Waals surface area contributed by atoms with E-state index in [-0.39, 0.29) is 11.8 Å². The summed E-state index contributed by atoms with van der Waals surface area (Å²) in [5, 5.41) is 12.0. The van der Waals surface area contributed by atoms with Crippen LogP contribution in [0.2, 0.25) is 0 Å². The van der Waals surface area contributed by atoms with Gasteiger partial charge in [0, 0.05) is 22.7 Å². The van der Waals surface area contributed by atoms with E-state index in [2.05, 4.69) is 9.88 Å². The number of nitrogens with zero attached hydrogens (tertiary/aromatic N) is 1. The third-order valence-corrected chi connectivity index (χ3v) is 5.35. The minimum Gasteiger partial charge on any atom is -0.383 e. The summed E-state index contributed by atoms with van der Waals surface area (Å²) in [6.45, 7) is 1.83. The van der Waals surface area contributed by atoms with Crippen LogP contribution in [0.25, 0.3) is 10.9 Å². The van der Waals surface area contributed by atoms with Crippen molar-refractivity contribution in [1.82, 2.24) is 9.88 Å². The van der Waals surface area contributed by atoms with E-state index in [1.807, 2.05) is 54.6 Å². The van der Waals surface area contributed by atoms with Crippen molar-refractivity contribution in [3.05, 3.63) is 71.9 Å². The lowest BCUT2D eigenvalue weighted by atomic mass is 9.92. The van der Waals surface area contributed by atoms with Gasteiger partial charge in [0.25, 0.3) is 0 Å². The van der Waals surface area contributed by atoms with Crippen molar-refractivity contribution in [3.8, 4) is 0 Å². The summed E-state index contributed by atoms with van der Waals surface area (Å²) < 4.78 is 0. The van der Waals surface area contributed by atoms with Crippen LogP contribution in [-0.2, 0) is 0 Å². The van der Waals surface area contributed by atoms with Crippen molar-refractivity contribution < 1.29 is 9.90 Å². The number of carbonyl (C=O) groups excluding carboxylic acids is 1. The number of para-hydroxylation sites is 1. The topological polar surface area (TPSA) is 56.3 Å². The molecule has 1 saturated heterocycles. The highest BCUT2D eigenvalue weighted by Gasteiger charge is 2.34. The number of hydrogen-bond acceptors (Lipinski definition) is 3. The Morgan fingerprint density at radius 1 is 0.962 bits per heavy atom. The van der Waals surface area contributed by atoms with Gasteiger partial charge in [-0.1, -0.05) is 55.0 Å². The first-order valence-corrected chi connectivity index (χ1v) is 9.33. The van der Waals surface area contributed by atoms with Crippen LogP contribution < -0.4 is 0 Å². The first-order valence-electron chi connectivity index (χ1n) is 9.33. The molecule has 2 aromatic carbocycles. The van der Waals surface area contributed by atoms with Crippen LogP contribution in [-0.4, -0.2) is 40.0 Å². The number of ketones is 1. The maximum Gasteiger partial charge on any atom is 0.195 e. The lowest BCUT2D eigenvalue weighted by Crippen LogP contribution is -2.43. The molecule has 1 aromatic heterocycles. The van der Waals surface area contributed by atoms with Gasteiger partial charge in [0.1, 0.15) is 6.10 Å². The van der Waals surface area contributed by atoms with Crippen molar-refractivity contribution >= 4 is 16.7 Å². The maximum absolute atomic E-state index is 13.2. The number of aromatic nitrogens is 1. The summed E-state index contributed by atoms with van der Waals surface area (Å²) >= 11 is 0. The number of Topliss-reactive ketones (excluding diaryl/α,β-unsaturated/α-hetero) is 1. The molecule has 1 aliphatic heterocycles. The zero-order valence-electron chi connectivity index (χ0n) is 14.8. The van der Waals surface area contributed by atoms with Gasteiger partial charge in [0.2, 0.25) is 0 Å². The zero-order chi connectivity index (χ0) is 17.9. The summed E-state index contributed by atoms with van der Waals surface area (Å²) in [5.74, 6) is -0.220. The normalized spacial score (nSPS) is 17.9. The minimum absolute atomic E-state index is 0.220. The average Bonchev–Trinajstić information content (AvgIpc) is 3.13. The second-order valence-corrected chi connectivity index (χ2v) is 7.01. The van der Waals surface area contributed by atoms with Crippen molar-refractivity contribution in [2.45, 2.75) is 31.4 Å². The Balaban J connectivity index is 1.69. The number of aromatic amines is 1. The van der Waals surface area contributed by atoms with Gasteiger partial charge in [-0.3, -0.25) is 9.69 Å². The highest BCUT2D eigenvalue weighted by Crippen LogP contribution is 2.30. The number of H-pyrrole nitrogens is 1. The lowest BCUT2D eigenvalue weighted by Gasteiger charge is -2.37. The van der Waals surface area contributed by atoms with Gasteiger partial charge in [-0.05, 0) is 37.6 Å². The summed E-state index contributed by atoms with van der Waals surface area (Å²) in [6.07, 6.45) is 4.06. The first kappa shape index (κ1) is 17.0. The largest absolute Gasteiger partial charge is 0.383 e. The summed E-state index contributed by atoms with van der Waals surface area (Å²) in [7, 11) is 0. The second kappa shape index (κ2) is 7.44. The molecule has 134 valence electrons. The van der Waals surface area contributed by atoms with Gasteiger partial charge >= 0.3 is 0 Å². The molecule has 0 bridgehead atoms. The van der Waals surface area contributed by atoms with Crippen molar-refractivity contribution in [1.29, 1.82) is 0 Å². The van der Waals surface area contributed by atoms with E-state index in [0.717, 1.165) is 42.4 Å². The molecule has 2 heterocycles. The van der Waals surface area contributed by atoms with Crippen LogP contribution >= 0.6 is 0 Å². The average molecular weight is 348 g/mol. The molecular weight excluding hydrogens is 324 g/mol. The van der Waals surface area contributed by atoms with Crippen LogP contribution in [0.1, 0.15) is 41.2 Å². The number of rotatable bonds is 5. The van der Waals surface area contributed by atoms with Crippen LogP contribution in [0.15, 0.2) is 60.8 Å². The molecule has 26 heavy (non-hydrogen) atoms. The van der Waals surface area contributed by atoms with E-state index in [9.17, 15) is 9.90 Å². The Hall–Kier alpha value is -2.43. The third kappa shape index (κ3) is 3.18. The van der Waals surface area contributed by atoms with E-state index in [1.54, 1.807) is 6.20 Å². The summed E-state index contributed by atoms with van der Waals surface area (Å²) in [5.41, 5.74) is 2.47. The standard InChI is InChI=1S/C22H24N2O2/c25-21(18-15-23-19-12-6-5-11-17(18)19)22(26)20(16-9-3-1-4-10-16)24-13-7-2-8-14-24/h1,3-6,9-12,15,20,22-23,26H,2,7-8,13-14H2/t20-,22+/m0/s1. The molecule has 2 atom stereocenters. The molecule has 4 heteroatoms. The fourth-order valence-corrected chi connectivity index (χ4v) is 4.02. The Morgan fingerprint density at radius 3 is 2.42 bits per heavy atom. The number of nitrogens with one attached hydrogen (secondary N) is 1. The molecule has 0 spiro atoms. The number of benzene rings is 2. The number of carbonyl (C=O) groups is 1. The molecule has 1 aliphatic rings. The third-order valence-electron chi connectivity index (χ3n) is 5.35. The van der Waals surface area contributed by atoms with E-state index >= 15 is 0 Å². The molecule has 4 rings (SSSR count). The predicted molar refractivity (Wildman–Crippen MR) is 103 cm³/mol. The number of piperidine rings is 1. The zero-order valence-corrected chi connectivity index (χ0v) is 14.8. The Labute approximate surface area is 153 Å². The number of fused-ring (bicyclic) bond motifs is 1. The molecule has 2 N–H and O–H groups in total. The second-order valence-electron chi connectivity index (χ2n) is 7.01. The van der Waals surface area contributed by atoms with Gasteiger partial charge in [0.15, 0.2) is 5.78 Å². The molecule has 1 fully saturated rings. The minimum atomic E-state index is -1.09. The Bertz CT molecular complexity index is 881. The van der Waals surface area contributed by atoms with Gasteiger partial charge in [-0.2, -0.15) is 0 Å².